The number of aliphatic imine (C=N–C) groups is 1. The van der Waals surface area contributed by atoms with Gasteiger partial charge in [0.15, 0.2) is 5.96 Å². The van der Waals surface area contributed by atoms with E-state index in [-0.39, 0.29) is 53.9 Å². The average molecular weight is 502 g/mol. The number of rotatable bonds is 2. The molecule has 4 rings (SSSR count). The van der Waals surface area contributed by atoms with Crippen molar-refractivity contribution in [1.82, 2.24) is 15.1 Å². The Morgan fingerprint density at radius 2 is 2.04 bits per heavy atom. The molecular formula is C20H28FIN4O2. The Labute approximate surface area is 182 Å². The third kappa shape index (κ3) is 4.52. The first kappa shape index (κ1) is 21.1. The summed E-state index contributed by atoms with van der Waals surface area (Å²) in [5.41, 5.74) is 0.292. The molecule has 1 aromatic rings. The van der Waals surface area contributed by atoms with E-state index < -0.39 is 5.60 Å². The number of ether oxygens (including phenoxy) is 1. The second kappa shape index (κ2) is 8.04. The standard InChI is InChI=1S/C20H27FN4O2.HI/c1-20(2,3)27-19(26)24-8-9-25-13(12-24)11-22-18(25)23-17-10-15(17)14-6-4-5-7-16(14)21;/h4-7,13,15,17H,8-12H2,1-3H3,(H,22,23);1H. The number of nitrogens with one attached hydrogen (secondary N) is 1. The van der Waals surface area contributed by atoms with Crippen LogP contribution in [0.1, 0.15) is 38.7 Å². The number of halogens is 2. The summed E-state index contributed by atoms with van der Waals surface area (Å²) in [5.74, 6) is 0.952. The summed E-state index contributed by atoms with van der Waals surface area (Å²) < 4.78 is 19.4. The maximum atomic E-state index is 14.0. The number of hydrogen-bond acceptors (Lipinski definition) is 5. The van der Waals surface area contributed by atoms with Gasteiger partial charge in [-0.15, -0.1) is 24.0 Å². The Kier molecular flexibility index (Phi) is 6.07. The van der Waals surface area contributed by atoms with Gasteiger partial charge in [0.1, 0.15) is 11.4 Å². The summed E-state index contributed by atoms with van der Waals surface area (Å²) in [6.45, 7) is 8.26. The molecule has 28 heavy (non-hydrogen) atoms. The van der Waals surface area contributed by atoms with Gasteiger partial charge in [-0.05, 0) is 38.8 Å². The van der Waals surface area contributed by atoms with Crippen LogP contribution >= 0.6 is 24.0 Å². The molecule has 0 spiro atoms. The number of piperazine rings is 1. The Morgan fingerprint density at radius 3 is 2.75 bits per heavy atom. The second-order valence-electron chi connectivity index (χ2n) is 8.55. The van der Waals surface area contributed by atoms with E-state index in [1.807, 2.05) is 32.9 Å². The highest BCUT2D eigenvalue weighted by Crippen LogP contribution is 2.42. The fourth-order valence-electron chi connectivity index (χ4n) is 3.83. The fraction of sp³-hybridized carbons (Fsp3) is 0.600. The number of benzene rings is 1. The predicted molar refractivity (Wildman–Crippen MR) is 117 cm³/mol. The molecule has 1 N–H and O–H groups in total. The van der Waals surface area contributed by atoms with Gasteiger partial charge in [0, 0.05) is 31.6 Å². The van der Waals surface area contributed by atoms with Gasteiger partial charge >= 0.3 is 6.09 Å². The van der Waals surface area contributed by atoms with Crippen LogP contribution in [0.15, 0.2) is 29.3 Å². The molecule has 1 saturated heterocycles. The van der Waals surface area contributed by atoms with Gasteiger partial charge in [0.2, 0.25) is 0 Å². The van der Waals surface area contributed by atoms with Crippen LogP contribution in [-0.2, 0) is 4.74 Å². The molecule has 0 radical (unpaired) electrons. The Balaban J connectivity index is 0.00000225. The van der Waals surface area contributed by atoms with Crippen molar-refractivity contribution >= 4 is 36.0 Å². The van der Waals surface area contributed by atoms with Crippen LogP contribution in [0.25, 0.3) is 0 Å². The lowest BCUT2D eigenvalue weighted by Gasteiger charge is -2.39. The molecule has 154 valence electrons. The highest BCUT2D eigenvalue weighted by molar-refractivity contribution is 14.0. The molecule has 2 fully saturated rings. The fourth-order valence-corrected chi connectivity index (χ4v) is 3.83. The predicted octanol–water partition coefficient (Wildman–Crippen LogP) is 3.18. The smallest absolute Gasteiger partial charge is 0.410 e. The van der Waals surface area contributed by atoms with Crippen molar-refractivity contribution in [3.63, 3.8) is 0 Å². The molecule has 1 saturated carbocycles. The van der Waals surface area contributed by atoms with E-state index in [0.29, 0.717) is 19.6 Å². The summed E-state index contributed by atoms with van der Waals surface area (Å²) in [5, 5.41) is 3.48. The molecule has 2 heterocycles. The van der Waals surface area contributed by atoms with Crippen LogP contribution in [0, 0.1) is 5.82 Å². The maximum Gasteiger partial charge on any atom is 0.410 e. The lowest BCUT2D eigenvalue weighted by molar-refractivity contribution is 0.0137. The lowest BCUT2D eigenvalue weighted by atomic mass is 10.1. The number of carbonyl (C=O) groups excluding carboxylic acids is 1. The topological polar surface area (TPSA) is 57.2 Å². The van der Waals surface area contributed by atoms with Crippen LogP contribution in [0.5, 0.6) is 0 Å². The SMILES string of the molecule is CC(C)(C)OC(=O)N1CCN2C(NC3CC3c3ccccc3F)=NCC2C1.I. The number of hydrogen-bond donors (Lipinski definition) is 1. The molecule has 3 aliphatic rings. The van der Waals surface area contributed by atoms with Gasteiger partial charge in [-0.25, -0.2) is 9.18 Å². The zero-order valence-electron chi connectivity index (χ0n) is 16.5. The maximum absolute atomic E-state index is 14.0. The van der Waals surface area contributed by atoms with Gasteiger partial charge in [0.05, 0.1) is 12.6 Å². The monoisotopic (exact) mass is 502 g/mol. The van der Waals surface area contributed by atoms with Crippen molar-refractivity contribution in [3.05, 3.63) is 35.6 Å². The lowest BCUT2D eigenvalue weighted by Crippen LogP contribution is -2.57. The van der Waals surface area contributed by atoms with E-state index in [0.717, 1.165) is 24.5 Å². The number of guanidine groups is 1. The first-order valence-electron chi connectivity index (χ1n) is 9.62. The van der Waals surface area contributed by atoms with Crippen molar-refractivity contribution in [1.29, 1.82) is 0 Å². The summed E-state index contributed by atoms with van der Waals surface area (Å²) >= 11 is 0. The van der Waals surface area contributed by atoms with E-state index in [1.165, 1.54) is 6.07 Å². The Morgan fingerprint density at radius 1 is 1.29 bits per heavy atom. The molecule has 8 heteroatoms. The van der Waals surface area contributed by atoms with E-state index >= 15 is 0 Å². The minimum atomic E-state index is -0.485. The first-order chi connectivity index (χ1) is 12.8. The largest absolute Gasteiger partial charge is 0.444 e. The third-order valence-electron chi connectivity index (χ3n) is 5.27. The van der Waals surface area contributed by atoms with E-state index in [2.05, 4.69) is 15.2 Å². The summed E-state index contributed by atoms with van der Waals surface area (Å²) in [6, 6.07) is 7.39. The highest BCUT2D eigenvalue weighted by atomic mass is 127. The van der Waals surface area contributed by atoms with Crippen molar-refractivity contribution in [2.45, 2.75) is 50.8 Å². The first-order valence-corrected chi connectivity index (χ1v) is 9.62. The van der Waals surface area contributed by atoms with Gasteiger partial charge in [-0.2, -0.15) is 0 Å². The molecule has 1 aliphatic carbocycles. The van der Waals surface area contributed by atoms with Crippen LogP contribution in [0.2, 0.25) is 0 Å². The van der Waals surface area contributed by atoms with Crippen LogP contribution in [-0.4, -0.2) is 65.7 Å². The minimum absolute atomic E-state index is 0. The van der Waals surface area contributed by atoms with E-state index in [1.54, 1.807) is 11.0 Å². The van der Waals surface area contributed by atoms with E-state index in [9.17, 15) is 9.18 Å². The Bertz CT molecular complexity index is 767. The Hall–Kier alpha value is -1.58. The van der Waals surface area contributed by atoms with Crippen LogP contribution in [0.3, 0.4) is 0 Å². The molecule has 3 atom stereocenters. The average Bonchev–Trinajstić information content (AvgIpc) is 3.24. The quantitative estimate of drug-likeness (QED) is 0.632. The molecular weight excluding hydrogens is 474 g/mol. The van der Waals surface area contributed by atoms with Crippen LogP contribution in [0.4, 0.5) is 9.18 Å². The molecule has 0 aromatic heterocycles. The normalized spacial score (nSPS) is 26.1. The minimum Gasteiger partial charge on any atom is -0.444 e. The third-order valence-corrected chi connectivity index (χ3v) is 5.27. The second-order valence-corrected chi connectivity index (χ2v) is 8.55. The molecule has 6 nitrogen and oxygen atoms in total. The van der Waals surface area contributed by atoms with Crippen molar-refractivity contribution in [2.75, 3.05) is 26.2 Å². The molecule has 0 bridgehead atoms. The molecule has 2 aliphatic heterocycles. The molecule has 1 amide bonds. The summed E-state index contributed by atoms with van der Waals surface area (Å²) in [4.78, 5) is 20.9. The zero-order chi connectivity index (χ0) is 19.2. The highest BCUT2D eigenvalue weighted by Gasteiger charge is 2.43. The van der Waals surface area contributed by atoms with Crippen molar-refractivity contribution < 1.29 is 13.9 Å². The number of amides is 1. The number of carbonyl (C=O) groups is 1. The van der Waals surface area contributed by atoms with Gasteiger partial charge in [0.25, 0.3) is 0 Å². The van der Waals surface area contributed by atoms with Crippen LogP contribution < -0.4 is 5.32 Å². The summed E-state index contributed by atoms with van der Waals surface area (Å²) in [6.07, 6.45) is 0.660. The molecule has 3 unspecified atom stereocenters. The van der Waals surface area contributed by atoms with E-state index in [4.69, 9.17) is 4.74 Å². The summed E-state index contributed by atoms with van der Waals surface area (Å²) in [7, 11) is 0. The van der Waals surface area contributed by atoms with Gasteiger partial charge in [-0.1, -0.05) is 18.2 Å². The zero-order valence-corrected chi connectivity index (χ0v) is 18.9. The van der Waals surface area contributed by atoms with Gasteiger partial charge < -0.3 is 19.9 Å². The van der Waals surface area contributed by atoms with Crippen molar-refractivity contribution in [3.8, 4) is 0 Å². The number of fused-ring (bicyclic) bond motifs is 1. The number of nitrogens with zero attached hydrogens (tertiary/aromatic N) is 3. The van der Waals surface area contributed by atoms with Crippen molar-refractivity contribution in [2.24, 2.45) is 4.99 Å². The van der Waals surface area contributed by atoms with Gasteiger partial charge in [-0.3, -0.25) is 4.99 Å². The molecule has 1 aromatic carbocycles.